The molecule has 60 valence electrons. The average molecular weight is 148 g/mol. The van der Waals surface area contributed by atoms with Gasteiger partial charge in [-0.3, -0.25) is 9.18 Å². The lowest BCUT2D eigenvalue weighted by atomic mass is 10.2. The molecule has 0 saturated heterocycles. The molecule has 0 aromatic carbocycles. The highest BCUT2D eigenvalue weighted by atomic mass is 19.1. The van der Waals surface area contributed by atoms with E-state index < -0.39 is 0 Å². The van der Waals surface area contributed by atoms with E-state index in [4.69, 9.17) is 0 Å². The van der Waals surface area contributed by atoms with Crippen LogP contribution < -0.4 is 0 Å². The van der Waals surface area contributed by atoms with E-state index >= 15 is 0 Å². The summed E-state index contributed by atoms with van der Waals surface area (Å²) in [6.45, 7) is 0.666. The number of carbonyl (C=O) groups is 1. The summed E-state index contributed by atoms with van der Waals surface area (Å²) < 4.78 is 15.9. The van der Waals surface area contributed by atoms with E-state index in [2.05, 4.69) is 4.74 Å². The Kier molecular flexibility index (Phi) is 7.90. The lowest BCUT2D eigenvalue weighted by molar-refractivity contribution is -0.128. The molecule has 0 aliphatic heterocycles. The van der Waals surface area contributed by atoms with Crippen molar-refractivity contribution in [1.82, 2.24) is 0 Å². The summed E-state index contributed by atoms with van der Waals surface area (Å²) in [7, 11) is 0. The maximum absolute atomic E-state index is 11.5. The molecule has 0 radical (unpaired) electrons. The summed E-state index contributed by atoms with van der Waals surface area (Å²) in [6.07, 6.45) is 3.30. The maximum atomic E-state index is 11.5. The van der Waals surface area contributed by atoms with Crippen molar-refractivity contribution in [3.05, 3.63) is 0 Å². The highest BCUT2D eigenvalue weighted by molar-refractivity contribution is 5.36. The first kappa shape index (κ1) is 9.40. The van der Waals surface area contributed by atoms with Crippen molar-refractivity contribution in [2.45, 2.75) is 25.7 Å². The van der Waals surface area contributed by atoms with E-state index in [1.807, 2.05) is 0 Å². The van der Waals surface area contributed by atoms with Gasteiger partial charge in [0.1, 0.15) is 0 Å². The molecule has 0 aromatic rings. The summed E-state index contributed by atoms with van der Waals surface area (Å²) in [6, 6.07) is 0. The first-order valence-corrected chi connectivity index (χ1v) is 3.53. The number of hydrogen-bond acceptors (Lipinski definition) is 2. The van der Waals surface area contributed by atoms with Crippen LogP contribution in [0.4, 0.5) is 4.39 Å². The Morgan fingerprint density at radius 3 is 2.50 bits per heavy atom. The fraction of sp³-hybridized carbons (Fsp3) is 0.857. The minimum Gasteiger partial charge on any atom is -0.468 e. The lowest BCUT2D eigenvalue weighted by Crippen LogP contribution is -1.91. The second kappa shape index (κ2) is 8.40. The number of rotatable bonds is 7. The van der Waals surface area contributed by atoms with E-state index in [0.717, 1.165) is 19.3 Å². The Bertz CT molecular complexity index is 76.0. The minimum absolute atomic E-state index is 0.242. The molecule has 0 N–H and O–H groups in total. The Hall–Kier alpha value is -0.600. The number of ether oxygens (including phenoxy) is 1. The molecule has 0 unspecified atom stereocenters. The first-order valence-electron chi connectivity index (χ1n) is 3.53. The number of carbonyl (C=O) groups excluding carboxylic acids is 1. The fourth-order valence-electron chi connectivity index (χ4n) is 0.682. The van der Waals surface area contributed by atoms with E-state index in [-0.39, 0.29) is 6.67 Å². The predicted octanol–water partition coefficient (Wildman–Crippen LogP) is 1.69. The lowest BCUT2D eigenvalue weighted by Gasteiger charge is -1.96. The number of hydrogen-bond donors (Lipinski definition) is 0. The van der Waals surface area contributed by atoms with Gasteiger partial charge in [-0.25, -0.2) is 0 Å². The van der Waals surface area contributed by atoms with Gasteiger partial charge in [0.25, 0.3) is 6.47 Å². The van der Waals surface area contributed by atoms with E-state index in [9.17, 15) is 9.18 Å². The van der Waals surface area contributed by atoms with Crippen LogP contribution in [0.5, 0.6) is 0 Å². The van der Waals surface area contributed by atoms with Gasteiger partial charge in [0.15, 0.2) is 0 Å². The van der Waals surface area contributed by atoms with Gasteiger partial charge >= 0.3 is 0 Å². The zero-order valence-electron chi connectivity index (χ0n) is 6.01. The van der Waals surface area contributed by atoms with Crippen LogP contribution in [0.2, 0.25) is 0 Å². The molecule has 2 nitrogen and oxygen atoms in total. The number of alkyl halides is 1. The zero-order valence-corrected chi connectivity index (χ0v) is 6.01. The third-order valence-corrected chi connectivity index (χ3v) is 1.21. The van der Waals surface area contributed by atoms with Gasteiger partial charge in [-0.2, -0.15) is 0 Å². The van der Waals surface area contributed by atoms with Crippen LogP contribution in [-0.2, 0) is 9.53 Å². The van der Waals surface area contributed by atoms with Crippen LogP contribution in [-0.4, -0.2) is 19.8 Å². The van der Waals surface area contributed by atoms with E-state index in [1.54, 1.807) is 0 Å². The zero-order chi connectivity index (χ0) is 7.66. The Morgan fingerprint density at radius 2 is 1.90 bits per heavy atom. The highest BCUT2D eigenvalue weighted by Gasteiger charge is 1.88. The summed E-state index contributed by atoms with van der Waals surface area (Å²) in [4.78, 5) is 9.61. The standard InChI is InChI=1S/C7H13FO2/c8-5-3-1-2-4-6-10-7-9/h7H,1-6H2. The predicted molar refractivity (Wildman–Crippen MR) is 36.5 cm³/mol. The Labute approximate surface area is 60.4 Å². The molecule has 10 heavy (non-hydrogen) atoms. The molecule has 0 aliphatic rings. The Morgan fingerprint density at radius 1 is 1.20 bits per heavy atom. The topological polar surface area (TPSA) is 26.3 Å². The molecule has 0 aliphatic carbocycles. The van der Waals surface area contributed by atoms with Gasteiger partial charge < -0.3 is 4.74 Å². The van der Waals surface area contributed by atoms with E-state index in [0.29, 0.717) is 19.5 Å². The van der Waals surface area contributed by atoms with Crippen molar-refractivity contribution >= 4 is 6.47 Å². The maximum Gasteiger partial charge on any atom is 0.293 e. The molecule has 0 saturated carbocycles. The average Bonchev–Trinajstić information content (AvgIpc) is 1.97. The van der Waals surface area contributed by atoms with Crippen molar-refractivity contribution in [3.63, 3.8) is 0 Å². The molecular formula is C7H13FO2. The third kappa shape index (κ3) is 7.40. The van der Waals surface area contributed by atoms with Crippen LogP contribution in [0.25, 0.3) is 0 Å². The smallest absolute Gasteiger partial charge is 0.293 e. The van der Waals surface area contributed by atoms with Crippen LogP contribution in [0.1, 0.15) is 25.7 Å². The highest BCUT2D eigenvalue weighted by Crippen LogP contribution is 1.99. The molecular weight excluding hydrogens is 135 g/mol. The third-order valence-electron chi connectivity index (χ3n) is 1.21. The summed E-state index contributed by atoms with van der Waals surface area (Å²) >= 11 is 0. The van der Waals surface area contributed by atoms with Crippen molar-refractivity contribution in [3.8, 4) is 0 Å². The van der Waals surface area contributed by atoms with Gasteiger partial charge in [0, 0.05) is 0 Å². The molecule has 0 bridgehead atoms. The minimum atomic E-state index is -0.242. The SMILES string of the molecule is O=COCCCCCCF. The molecule has 0 aromatic heterocycles. The van der Waals surface area contributed by atoms with Crippen molar-refractivity contribution < 1.29 is 13.9 Å². The summed E-state index contributed by atoms with van der Waals surface area (Å²) in [5, 5.41) is 0. The normalized spacial score (nSPS) is 9.30. The summed E-state index contributed by atoms with van der Waals surface area (Å²) in [5.74, 6) is 0. The fourth-order valence-corrected chi connectivity index (χ4v) is 0.682. The first-order chi connectivity index (χ1) is 4.91. The monoisotopic (exact) mass is 148 g/mol. The molecule has 0 fully saturated rings. The van der Waals surface area contributed by atoms with Gasteiger partial charge in [-0.1, -0.05) is 6.42 Å². The van der Waals surface area contributed by atoms with Gasteiger partial charge in [-0.15, -0.1) is 0 Å². The van der Waals surface area contributed by atoms with Crippen molar-refractivity contribution in [1.29, 1.82) is 0 Å². The molecule has 0 heterocycles. The molecule has 0 atom stereocenters. The second-order valence-corrected chi connectivity index (χ2v) is 2.07. The van der Waals surface area contributed by atoms with Crippen LogP contribution in [0.15, 0.2) is 0 Å². The van der Waals surface area contributed by atoms with Crippen molar-refractivity contribution in [2.75, 3.05) is 13.3 Å². The van der Waals surface area contributed by atoms with Crippen LogP contribution in [0.3, 0.4) is 0 Å². The summed E-state index contributed by atoms with van der Waals surface area (Å²) in [5.41, 5.74) is 0. The molecule has 3 heteroatoms. The van der Waals surface area contributed by atoms with Crippen LogP contribution in [0, 0.1) is 0 Å². The van der Waals surface area contributed by atoms with E-state index in [1.165, 1.54) is 0 Å². The second-order valence-electron chi connectivity index (χ2n) is 2.07. The van der Waals surface area contributed by atoms with Crippen molar-refractivity contribution in [2.24, 2.45) is 0 Å². The molecule has 0 amide bonds. The quantitative estimate of drug-likeness (QED) is 0.405. The largest absolute Gasteiger partial charge is 0.468 e. The Balaban J connectivity index is 2.70. The van der Waals surface area contributed by atoms with Gasteiger partial charge in [-0.05, 0) is 19.3 Å². The van der Waals surface area contributed by atoms with Gasteiger partial charge in [0.2, 0.25) is 0 Å². The van der Waals surface area contributed by atoms with Crippen LogP contribution >= 0.6 is 0 Å². The molecule has 0 rings (SSSR count). The van der Waals surface area contributed by atoms with Gasteiger partial charge in [0.05, 0.1) is 13.3 Å². The number of halogens is 1. The molecule has 0 spiro atoms. The number of unbranched alkanes of at least 4 members (excludes halogenated alkanes) is 3.